The summed E-state index contributed by atoms with van der Waals surface area (Å²) in [4.78, 5) is 4.65. The molecule has 0 aliphatic carbocycles. The number of para-hydroxylation sites is 2. The van der Waals surface area contributed by atoms with E-state index in [4.69, 9.17) is 0 Å². The van der Waals surface area contributed by atoms with Gasteiger partial charge in [0.25, 0.3) is 0 Å². The zero-order chi connectivity index (χ0) is 14.8. The van der Waals surface area contributed by atoms with E-state index >= 15 is 0 Å². The third kappa shape index (κ3) is 2.70. The van der Waals surface area contributed by atoms with Gasteiger partial charge in [-0.1, -0.05) is 43.3 Å². The zero-order valence-electron chi connectivity index (χ0n) is 11.9. The topological polar surface area (TPSA) is 58.3 Å². The molecule has 3 aromatic rings. The van der Waals surface area contributed by atoms with Crippen molar-refractivity contribution in [2.24, 2.45) is 0 Å². The van der Waals surface area contributed by atoms with Crippen LogP contribution in [0.15, 0.2) is 48.5 Å². The number of aryl methyl sites for hydroxylation is 1. The van der Waals surface area contributed by atoms with E-state index in [1.807, 2.05) is 36.4 Å². The Morgan fingerprint density at radius 1 is 1.10 bits per heavy atom. The highest BCUT2D eigenvalue weighted by molar-refractivity contribution is 6.58. The second kappa shape index (κ2) is 5.72. The fourth-order valence-electron chi connectivity index (χ4n) is 2.61. The lowest BCUT2D eigenvalue weighted by Crippen LogP contribution is -2.30. The molecule has 0 saturated heterocycles. The predicted molar refractivity (Wildman–Crippen MR) is 84.5 cm³/mol. The van der Waals surface area contributed by atoms with Crippen LogP contribution in [0.1, 0.15) is 18.3 Å². The highest BCUT2D eigenvalue weighted by Crippen LogP contribution is 2.18. The lowest BCUT2D eigenvalue weighted by atomic mass is 9.79. The summed E-state index contributed by atoms with van der Waals surface area (Å²) in [5.41, 5.74) is 3.63. The van der Waals surface area contributed by atoms with Crippen molar-refractivity contribution in [2.75, 3.05) is 0 Å². The van der Waals surface area contributed by atoms with E-state index in [2.05, 4.69) is 22.5 Å². The number of aromatic nitrogens is 2. The molecule has 4 nitrogen and oxygen atoms in total. The Bertz CT molecular complexity index is 768. The van der Waals surface area contributed by atoms with Gasteiger partial charge in [0, 0.05) is 13.0 Å². The lowest BCUT2D eigenvalue weighted by molar-refractivity contribution is 0.425. The maximum absolute atomic E-state index is 9.28. The first-order valence-electron chi connectivity index (χ1n) is 7.08. The molecule has 3 rings (SSSR count). The van der Waals surface area contributed by atoms with Crippen LogP contribution in [0, 0.1) is 0 Å². The smallest absolute Gasteiger partial charge is 0.423 e. The molecule has 0 unspecified atom stereocenters. The number of benzene rings is 2. The Morgan fingerprint density at radius 3 is 2.67 bits per heavy atom. The van der Waals surface area contributed by atoms with Gasteiger partial charge in [0.1, 0.15) is 5.82 Å². The summed E-state index contributed by atoms with van der Waals surface area (Å²) in [7, 11) is -1.44. The minimum absolute atomic E-state index is 0.509. The van der Waals surface area contributed by atoms with E-state index in [1.165, 1.54) is 0 Å². The van der Waals surface area contributed by atoms with Crippen molar-refractivity contribution in [1.82, 2.24) is 9.55 Å². The van der Waals surface area contributed by atoms with Crippen molar-refractivity contribution in [1.29, 1.82) is 0 Å². The van der Waals surface area contributed by atoms with Crippen molar-refractivity contribution >= 4 is 23.6 Å². The van der Waals surface area contributed by atoms with E-state index in [9.17, 15) is 10.0 Å². The molecule has 5 heteroatoms. The van der Waals surface area contributed by atoms with Gasteiger partial charge in [-0.15, -0.1) is 0 Å². The summed E-state index contributed by atoms with van der Waals surface area (Å²) in [6, 6.07) is 15.4. The van der Waals surface area contributed by atoms with Gasteiger partial charge in [-0.2, -0.15) is 0 Å². The largest absolute Gasteiger partial charge is 0.488 e. The number of hydrogen-bond acceptors (Lipinski definition) is 3. The Labute approximate surface area is 123 Å². The van der Waals surface area contributed by atoms with E-state index in [-0.39, 0.29) is 0 Å². The van der Waals surface area contributed by atoms with Gasteiger partial charge >= 0.3 is 7.12 Å². The van der Waals surface area contributed by atoms with Crippen LogP contribution in [-0.2, 0) is 13.0 Å². The minimum Gasteiger partial charge on any atom is -0.423 e. The molecule has 0 atom stereocenters. The molecule has 0 aliphatic rings. The average molecular weight is 280 g/mol. The molecule has 0 amide bonds. The van der Waals surface area contributed by atoms with Crippen molar-refractivity contribution in [3.8, 4) is 0 Å². The second-order valence-electron chi connectivity index (χ2n) is 5.08. The molecule has 0 fully saturated rings. The van der Waals surface area contributed by atoms with Crippen molar-refractivity contribution in [3.63, 3.8) is 0 Å². The molecular formula is C16H17BN2O2. The third-order valence-electron chi connectivity index (χ3n) is 3.64. The quantitative estimate of drug-likeness (QED) is 0.709. The van der Waals surface area contributed by atoms with Crippen LogP contribution >= 0.6 is 0 Å². The molecule has 0 saturated carbocycles. The SMILES string of the molecule is CCc1nc2ccccc2n1Cc1cccc(B(O)O)c1. The third-order valence-corrected chi connectivity index (χ3v) is 3.64. The normalized spacial score (nSPS) is 11.0. The van der Waals surface area contributed by atoms with Gasteiger partial charge in [0.15, 0.2) is 0 Å². The average Bonchev–Trinajstić information content (AvgIpc) is 2.86. The summed E-state index contributed by atoms with van der Waals surface area (Å²) >= 11 is 0. The lowest BCUT2D eigenvalue weighted by Gasteiger charge is -2.09. The first kappa shape index (κ1) is 13.9. The highest BCUT2D eigenvalue weighted by atomic mass is 16.4. The fraction of sp³-hybridized carbons (Fsp3) is 0.188. The van der Waals surface area contributed by atoms with Crippen LogP contribution in [0.2, 0.25) is 0 Å². The molecule has 2 N–H and O–H groups in total. The molecule has 0 aliphatic heterocycles. The predicted octanol–water partition coefficient (Wildman–Crippen LogP) is 1.33. The van der Waals surface area contributed by atoms with Crippen LogP contribution in [0.3, 0.4) is 0 Å². The molecule has 0 spiro atoms. The van der Waals surface area contributed by atoms with Gasteiger partial charge in [0.05, 0.1) is 11.0 Å². The summed E-state index contributed by atoms with van der Waals surface area (Å²) in [5.74, 6) is 1.03. The molecule has 21 heavy (non-hydrogen) atoms. The Morgan fingerprint density at radius 2 is 1.90 bits per heavy atom. The minimum atomic E-state index is -1.44. The van der Waals surface area contributed by atoms with E-state index in [0.29, 0.717) is 12.0 Å². The molecular weight excluding hydrogens is 263 g/mol. The molecule has 1 aromatic heterocycles. The maximum Gasteiger partial charge on any atom is 0.488 e. The Hall–Kier alpha value is -2.11. The summed E-state index contributed by atoms with van der Waals surface area (Å²) in [6.07, 6.45) is 0.858. The fourth-order valence-corrected chi connectivity index (χ4v) is 2.61. The molecule has 2 aromatic carbocycles. The van der Waals surface area contributed by atoms with Crippen LogP contribution in [-0.4, -0.2) is 26.7 Å². The molecule has 106 valence electrons. The maximum atomic E-state index is 9.28. The first-order valence-corrected chi connectivity index (χ1v) is 7.08. The number of rotatable bonds is 4. The first-order chi connectivity index (χ1) is 10.2. The number of nitrogens with zero attached hydrogens (tertiary/aromatic N) is 2. The molecule has 1 heterocycles. The van der Waals surface area contributed by atoms with Crippen molar-refractivity contribution in [3.05, 3.63) is 59.9 Å². The van der Waals surface area contributed by atoms with Gasteiger partial charge in [0.2, 0.25) is 0 Å². The molecule has 0 radical (unpaired) electrons. The van der Waals surface area contributed by atoms with Crippen molar-refractivity contribution < 1.29 is 10.0 Å². The van der Waals surface area contributed by atoms with Gasteiger partial charge in [-0.05, 0) is 23.2 Å². The van der Waals surface area contributed by atoms with Gasteiger partial charge < -0.3 is 14.6 Å². The standard InChI is InChI=1S/C16H17BN2O2/c1-2-16-18-14-8-3-4-9-15(14)19(16)11-12-6-5-7-13(10-12)17(20)21/h3-10,20-21H,2,11H2,1H3. The van der Waals surface area contributed by atoms with E-state index in [1.54, 1.807) is 6.07 Å². The second-order valence-corrected chi connectivity index (χ2v) is 5.08. The number of hydrogen-bond donors (Lipinski definition) is 2. The van der Waals surface area contributed by atoms with Crippen LogP contribution in [0.4, 0.5) is 0 Å². The van der Waals surface area contributed by atoms with Gasteiger partial charge in [-0.25, -0.2) is 4.98 Å². The van der Waals surface area contributed by atoms with Crippen LogP contribution in [0.5, 0.6) is 0 Å². The zero-order valence-corrected chi connectivity index (χ0v) is 11.9. The summed E-state index contributed by atoms with van der Waals surface area (Å²) < 4.78 is 2.18. The Balaban J connectivity index is 2.03. The van der Waals surface area contributed by atoms with Crippen molar-refractivity contribution in [2.45, 2.75) is 19.9 Å². The molecule has 0 bridgehead atoms. The summed E-state index contributed by atoms with van der Waals surface area (Å²) in [6.45, 7) is 2.76. The number of imidazole rings is 1. The monoisotopic (exact) mass is 280 g/mol. The highest BCUT2D eigenvalue weighted by Gasteiger charge is 2.13. The Kier molecular flexibility index (Phi) is 3.77. The summed E-state index contributed by atoms with van der Waals surface area (Å²) in [5, 5.41) is 18.6. The van der Waals surface area contributed by atoms with Crippen LogP contribution in [0.25, 0.3) is 11.0 Å². The number of fused-ring (bicyclic) bond motifs is 1. The van der Waals surface area contributed by atoms with Crippen LogP contribution < -0.4 is 5.46 Å². The van der Waals surface area contributed by atoms with E-state index in [0.717, 1.165) is 28.8 Å². The van der Waals surface area contributed by atoms with Gasteiger partial charge in [-0.3, -0.25) is 0 Å². The van der Waals surface area contributed by atoms with E-state index < -0.39 is 7.12 Å².